The number of furan rings is 1. The molecule has 1 aromatic carbocycles. The summed E-state index contributed by atoms with van der Waals surface area (Å²) in [6.45, 7) is 10.7. The second kappa shape index (κ2) is 10.2. The Balaban J connectivity index is 1.99. The maximum Gasteiger partial charge on any atom is 0.291 e. The van der Waals surface area contributed by atoms with Crippen molar-refractivity contribution in [2.24, 2.45) is 5.92 Å². The molecule has 1 aliphatic heterocycles. The van der Waals surface area contributed by atoms with Crippen LogP contribution >= 0.6 is 0 Å². The van der Waals surface area contributed by atoms with Crippen LogP contribution in [-0.2, 0) is 9.59 Å². The van der Waals surface area contributed by atoms with Crippen molar-refractivity contribution in [3.05, 3.63) is 66.6 Å². The molecule has 2 heterocycles. The third kappa shape index (κ3) is 4.77. The molecule has 0 radical (unpaired) electrons. The van der Waals surface area contributed by atoms with Crippen LogP contribution in [0.25, 0.3) is 0 Å². The largest absolute Gasteiger partial charge is 0.490 e. The Morgan fingerprint density at radius 3 is 2.65 bits per heavy atom. The van der Waals surface area contributed by atoms with Crippen LogP contribution in [0.15, 0.2) is 59.7 Å². The van der Waals surface area contributed by atoms with Crippen molar-refractivity contribution in [3.63, 3.8) is 0 Å². The van der Waals surface area contributed by atoms with E-state index in [1.54, 1.807) is 30.3 Å². The number of rotatable bonds is 11. The molecule has 3 rings (SSSR count). The van der Waals surface area contributed by atoms with Gasteiger partial charge in [-0.25, -0.2) is 0 Å². The second-order valence-corrected chi connectivity index (χ2v) is 7.33. The van der Waals surface area contributed by atoms with Crippen LogP contribution in [0.2, 0.25) is 0 Å². The summed E-state index contributed by atoms with van der Waals surface area (Å²) in [5.41, 5.74) is 0.671. The molecule has 7 heteroatoms. The minimum atomic E-state index is -1.16. The molecule has 0 N–H and O–H groups in total. The summed E-state index contributed by atoms with van der Waals surface area (Å²) in [7, 11) is 0. The molecule has 2 aromatic rings. The van der Waals surface area contributed by atoms with Crippen molar-refractivity contribution in [2.45, 2.75) is 19.9 Å². The third-order valence-corrected chi connectivity index (χ3v) is 5.57. The van der Waals surface area contributed by atoms with Crippen LogP contribution in [0.3, 0.4) is 0 Å². The van der Waals surface area contributed by atoms with Gasteiger partial charge >= 0.3 is 0 Å². The Morgan fingerprint density at radius 2 is 2.00 bits per heavy atom. The van der Waals surface area contributed by atoms with Gasteiger partial charge in [0.25, 0.3) is 5.91 Å². The van der Waals surface area contributed by atoms with Gasteiger partial charge in [-0.2, -0.15) is 0 Å². The third-order valence-electron chi connectivity index (χ3n) is 5.57. The highest BCUT2D eigenvalue weighted by Gasteiger charge is 2.52. The monoisotopic (exact) mass is 424 g/mol. The van der Waals surface area contributed by atoms with E-state index in [1.165, 1.54) is 17.2 Å². The molecule has 1 aromatic heterocycles. The second-order valence-electron chi connectivity index (χ2n) is 7.33. The molecular weight excluding hydrogens is 396 g/mol. The van der Waals surface area contributed by atoms with Gasteiger partial charge in [-0.3, -0.25) is 14.4 Å². The number of ketones is 2. The van der Waals surface area contributed by atoms with E-state index in [0.717, 1.165) is 13.1 Å². The number of ether oxygens (including phenoxy) is 1. The molecule has 1 saturated heterocycles. The number of amides is 1. The van der Waals surface area contributed by atoms with E-state index < -0.39 is 29.4 Å². The molecule has 0 saturated carbocycles. The normalized spacial score (nSPS) is 18.6. The number of Topliss-reactive ketones (excluding diaryl/α,β-unsaturated/α-hetero) is 2. The van der Waals surface area contributed by atoms with Gasteiger partial charge in [0.05, 0.1) is 12.3 Å². The molecule has 1 amide bonds. The summed E-state index contributed by atoms with van der Waals surface area (Å²) in [4.78, 5) is 42.7. The summed E-state index contributed by atoms with van der Waals surface area (Å²) in [6, 6.07) is 9.54. The topological polar surface area (TPSA) is 80.1 Å². The minimum absolute atomic E-state index is 0.0702. The SMILES string of the molecule is C=CCOc1cccc(C2C(C(=O)c3ccco3)C(=O)C(=O)N2CCN(CC)CC)c1. The molecule has 2 atom stereocenters. The lowest BCUT2D eigenvalue weighted by Gasteiger charge is -2.29. The molecule has 1 fully saturated rings. The number of hydrogen-bond acceptors (Lipinski definition) is 6. The van der Waals surface area contributed by atoms with Gasteiger partial charge in [0.2, 0.25) is 11.6 Å². The maximum absolute atomic E-state index is 13.2. The summed E-state index contributed by atoms with van der Waals surface area (Å²) in [5, 5.41) is 0. The van der Waals surface area contributed by atoms with E-state index in [-0.39, 0.29) is 5.76 Å². The van der Waals surface area contributed by atoms with Gasteiger partial charge < -0.3 is 19.0 Å². The predicted molar refractivity (Wildman–Crippen MR) is 116 cm³/mol. The Kier molecular flexibility index (Phi) is 7.41. The zero-order chi connectivity index (χ0) is 22.4. The molecule has 0 spiro atoms. The Hall–Kier alpha value is -3.19. The lowest BCUT2D eigenvalue weighted by Crippen LogP contribution is -2.38. The van der Waals surface area contributed by atoms with Gasteiger partial charge in [-0.1, -0.05) is 38.6 Å². The molecule has 7 nitrogen and oxygen atoms in total. The van der Waals surface area contributed by atoms with Crippen molar-refractivity contribution in [1.29, 1.82) is 0 Å². The van der Waals surface area contributed by atoms with Crippen LogP contribution in [0.5, 0.6) is 5.75 Å². The minimum Gasteiger partial charge on any atom is -0.490 e. The molecule has 1 aliphatic rings. The zero-order valence-corrected chi connectivity index (χ0v) is 18.0. The van der Waals surface area contributed by atoms with E-state index in [0.29, 0.717) is 31.0 Å². The standard InChI is InChI=1S/C24H28N2O5/c1-4-14-30-18-10-7-9-17(16-18)21-20(22(27)19-11-8-15-31-19)23(28)24(29)26(21)13-12-25(5-2)6-3/h4,7-11,15-16,20-21H,1,5-6,12-14H2,2-3H3. The lowest BCUT2D eigenvalue weighted by molar-refractivity contribution is -0.140. The highest BCUT2D eigenvalue weighted by molar-refractivity contribution is 6.43. The van der Waals surface area contributed by atoms with E-state index in [1.807, 2.05) is 19.9 Å². The van der Waals surface area contributed by atoms with E-state index in [2.05, 4.69) is 11.5 Å². The Bertz CT molecular complexity index is 933. The van der Waals surface area contributed by atoms with Crippen molar-refractivity contribution >= 4 is 17.5 Å². The Labute approximate surface area is 182 Å². The first kappa shape index (κ1) is 22.5. The fraction of sp³-hybridized carbons (Fsp3) is 0.375. The van der Waals surface area contributed by atoms with Crippen molar-refractivity contribution in [1.82, 2.24) is 9.80 Å². The summed E-state index contributed by atoms with van der Waals surface area (Å²) >= 11 is 0. The maximum atomic E-state index is 13.2. The molecule has 0 aliphatic carbocycles. The molecule has 2 unspecified atom stereocenters. The predicted octanol–water partition coefficient (Wildman–Crippen LogP) is 3.14. The highest BCUT2D eigenvalue weighted by atomic mass is 16.5. The van der Waals surface area contributed by atoms with E-state index >= 15 is 0 Å². The molecular formula is C24H28N2O5. The first-order valence-electron chi connectivity index (χ1n) is 10.5. The number of nitrogens with zero attached hydrogens (tertiary/aromatic N) is 2. The molecule has 0 bridgehead atoms. The van der Waals surface area contributed by atoms with Gasteiger partial charge in [0, 0.05) is 13.1 Å². The fourth-order valence-corrected chi connectivity index (χ4v) is 3.90. The Morgan fingerprint density at radius 1 is 1.23 bits per heavy atom. The zero-order valence-electron chi connectivity index (χ0n) is 18.0. The first-order valence-corrected chi connectivity index (χ1v) is 10.5. The number of likely N-dealkylation sites (tertiary alicyclic amines) is 1. The first-order chi connectivity index (χ1) is 15.0. The molecule has 164 valence electrons. The highest BCUT2D eigenvalue weighted by Crippen LogP contribution is 2.39. The average molecular weight is 424 g/mol. The van der Waals surface area contributed by atoms with Crippen LogP contribution in [0.4, 0.5) is 0 Å². The summed E-state index contributed by atoms with van der Waals surface area (Å²) in [6.07, 6.45) is 3.01. The van der Waals surface area contributed by atoms with Crippen molar-refractivity contribution in [2.75, 3.05) is 32.8 Å². The molecule has 31 heavy (non-hydrogen) atoms. The van der Waals surface area contributed by atoms with Gasteiger partial charge in [-0.15, -0.1) is 0 Å². The number of likely N-dealkylation sites (N-methyl/N-ethyl adjacent to an activating group) is 1. The van der Waals surface area contributed by atoms with Crippen molar-refractivity contribution in [3.8, 4) is 5.75 Å². The van der Waals surface area contributed by atoms with Crippen molar-refractivity contribution < 1.29 is 23.5 Å². The summed E-state index contributed by atoms with van der Waals surface area (Å²) < 4.78 is 10.9. The van der Waals surface area contributed by atoms with Crippen LogP contribution in [-0.4, -0.2) is 60.1 Å². The van der Waals surface area contributed by atoms with E-state index in [9.17, 15) is 14.4 Å². The quantitative estimate of drug-likeness (QED) is 0.239. The number of hydrogen-bond donors (Lipinski definition) is 0. The van der Waals surface area contributed by atoms with Gasteiger partial charge in [0.15, 0.2) is 5.76 Å². The van der Waals surface area contributed by atoms with Gasteiger partial charge in [0.1, 0.15) is 18.3 Å². The fourth-order valence-electron chi connectivity index (χ4n) is 3.90. The number of carbonyl (C=O) groups excluding carboxylic acids is 3. The lowest BCUT2D eigenvalue weighted by atomic mass is 9.88. The average Bonchev–Trinajstić information content (AvgIpc) is 3.41. The van der Waals surface area contributed by atoms with E-state index in [4.69, 9.17) is 9.15 Å². The number of carbonyl (C=O) groups is 3. The van der Waals surface area contributed by atoms with Gasteiger partial charge in [-0.05, 0) is 42.9 Å². The smallest absolute Gasteiger partial charge is 0.291 e. The van der Waals surface area contributed by atoms with Crippen LogP contribution in [0.1, 0.15) is 36.0 Å². The summed E-state index contributed by atoms with van der Waals surface area (Å²) in [5.74, 6) is -2.35. The van der Waals surface area contributed by atoms with Crippen LogP contribution in [0, 0.1) is 5.92 Å². The number of benzene rings is 1. The van der Waals surface area contributed by atoms with Crippen LogP contribution < -0.4 is 4.74 Å².